The average molecular weight is 393 g/mol. The maximum absolute atomic E-state index is 13.3. The molecule has 0 saturated heterocycles. The van der Waals surface area contributed by atoms with E-state index in [1.807, 2.05) is 84.6 Å². The van der Waals surface area contributed by atoms with Crippen LogP contribution in [0.1, 0.15) is 34.6 Å². The van der Waals surface area contributed by atoms with E-state index in [2.05, 4.69) is 5.32 Å². The molecule has 0 radical (unpaired) electrons. The van der Waals surface area contributed by atoms with Crippen LogP contribution in [0.25, 0.3) is 0 Å². The van der Waals surface area contributed by atoms with Gasteiger partial charge in [0.25, 0.3) is 5.91 Å². The molecule has 0 aromatic heterocycles. The number of halogens is 1. The Bertz CT molecular complexity index is 971. The van der Waals surface area contributed by atoms with E-state index in [0.29, 0.717) is 23.7 Å². The van der Waals surface area contributed by atoms with Gasteiger partial charge in [0.05, 0.1) is 12.2 Å². The second-order valence-electron chi connectivity index (χ2n) is 6.65. The van der Waals surface area contributed by atoms with Crippen LogP contribution < -0.4 is 10.1 Å². The molecule has 1 amide bonds. The minimum absolute atomic E-state index is 0.00295. The van der Waals surface area contributed by atoms with Gasteiger partial charge in [-0.25, -0.2) is 0 Å². The van der Waals surface area contributed by atoms with E-state index in [-0.39, 0.29) is 12.1 Å². The Balaban J connectivity index is 1.70. The molecule has 0 unspecified atom stereocenters. The third-order valence-electron chi connectivity index (χ3n) is 4.80. The first-order chi connectivity index (χ1) is 13.7. The number of hydrogen-bond acceptors (Lipinski definition) is 3. The highest BCUT2D eigenvalue weighted by molar-refractivity contribution is 6.30. The normalized spacial score (nSPS) is 15.7. The number of ether oxygens (including phenoxy) is 1. The smallest absolute Gasteiger partial charge is 0.258 e. The summed E-state index contributed by atoms with van der Waals surface area (Å²) in [6.07, 6.45) is -0.270. The van der Waals surface area contributed by atoms with Gasteiger partial charge in [-0.3, -0.25) is 4.79 Å². The first kappa shape index (κ1) is 18.4. The van der Waals surface area contributed by atoms with Crippen molar-refractivity contribution in [1.82, 2.24) is 4.90 Å². The van der Waals surface area contributed by atoms with E-state index in [0.717, 1.165) is 22.6 Å². The summed E-state index contributed by atoms with van der Waals surface area (Å²) in [6.45, 7) is 3.06. The van der Waals surface area contributed by atoms with Gasteiger partial charge in [0.15, 0.2) is 0 Å². The fraction of sp³-hybridized carbons (Fsp3) is 0.174. The minimum atomic E-state index is -0.270. The molecule has 5 heteroatoms. The van der Waals surface area contributed by atoms with Gasteiger partial charge in [-0.1, -0.05) is 48.0 Å². The molecule has 4 nitrogen and oxygen atoms in total. The maximum Gasteiger partial charge on any atom is 0.258 e. The molecule has 28 heavy (non-hydrogen) atoms. The number of hydrogen-bond donors (Lipinski definition) is 1. The second kappa shape index (κ2) is 7.95. The third kappa shape index (κ3) is 3.69. The molecular formula is C23H21ClN2O2. The summed E-state index contributed by atoms with van der Waals surface area (Å²) in [7, 11) is 0. The first-order valence-electron chi connectivity index (χ1n) is 9.29. The Kier molecular flexibility index (Phi) is 5.22. The highest BCUT2D eigenvalue weighted by atomic mass is 35.5. The van der Waals surface area contributed by atoms with Crippen molar-refractivity contribution in [2.24, 2.45) is 0 Å². The van der Waals surface area contributed by atoms with E-state index < -0.39 is 0 Å². The summed E-state index contributed by atoms with van der Waals surface area (Å²) in [5.74, 6) is 0.821. The van der Waals surface area contributed by atoms with Crippen molar-refractivity contribution in [3.05, 3.63) is 94.5 Å². The molecule has 4 rings (SSSR count). The number of rotatable bonds is 5. The molecular weight excluding hydrogens is 372 g/mol. The largest absolute Gasteiger partial charge is 0.494 e. The molecule has 142 valence electrons. The molecule has 0 spiro atoms. The van der Waals surface area contributed by atoms with Crippen molar-refractivity contribution in [2.75, 3.05) is 11.9 Å². The lowest BCUT2D eigenvalue weighted by molar-refractivity contribution is 0.0666. The second-order valence-corrected chi connectivity index (χ2v) is 7.09. The van der Waals surface area contributed by atoms with Gasteiger partial charge in [-0.05, 0) is 54.4 Å². The number of nitrogens with zero attached hydrogens (tertiary/aromatic N) is 1. The number of carbonyl (C=O) groups excluding carboxylic acids is 1. The summed E-state index contributed by atoms with van der Waals surface area (Å²) in [5, 5.41) is 4.20. The Morgan fingerprint density at radius 2 is 1.71 bits per heavy atom. The molecule has 0 fully saturated rings. The van der Waals surface area contributed by atoms with Crippen LogP contribution in [0.4, 0.5) is 5.69 Å². The van der Waals surface area contributed by atoms with E-state index in [1.54, 1.807) is 0 Å². The standard InChI is InChI=1S/C23H21ClN2O2/c1-2-28-19-13-9-17(10-14-19)22-25-21-6-4-3-5-20(21)23(27)26(22)15-16-7-11-18(24)12-8-16/h3-14,22,25H,2,15H2,1H3/t22-/m1/s1. The molecule has 3 aromatic carbocycles. The van der Waals surface area contributed by atoms with Gasteiger partial charge >= 0.3 is 0 Å². The molecule has 3 aromatic rings. The van der Waals surface area contributed by atoms with Crippen LogP contribution in [0.15, 0.2) is 72.8 Å². The van der Waals surface area contributed by atoms with Gasteiger partial charge in [0.1, 0.15) is 11.9 Å². The third-order valence-corrected chi connectivity index (χ3v) is 5.05. The Hall–Kier alpha value is -2.98. The number of benzene rings is 3. The summed E-state index contributed by atoms with van der Waals surface area (Å²) >= 11 is 6.01. The maximum atomic E-state index is 13.3. The van der Waals surface area contributed by atoms with Crippen molar-refractivity contribution < 1.29 is 9.53 Å². The number of amides is 1. The van der Waals surface area contributed by atoms with E-state index >= 15 is 0 Å². The molecule has 1 aliphatic heterocycles. The number of anilines is 1. The summed E-state index contributed by atoms with van der Waals surface area (Å²) in [6, 6.07) is 23.1. The molecule has 1 aliphatic rings. The van der Waals surface area contributed by atoms with E-state index in [1.165, 1.54) is 0 Å². The lowest BCUT2D eigenvalue weighted by Crippen LogP contribution is -2.42. The fourth-order valence-corrected chi connectivity index (χ4v) is 3.54. The van der Waals surface area contributed by atoms with Gasteiger partial charge in [0.2, 0.25) is 0 Å². The number of fused-ring (bicyclic) bond motifs is 1. The number of carbonyl (C=O) groups is 1. The molecule has 0 saturated carbocycles. The predicted octanol–water partition coefficient (Wildman–Crippen LogP) is 5.51. The quantitative estimate of drug-likeness (QED) is 0.622. The van der Waals surface area contributed by atoms with E-state index in [9.17, 15) is 4.79 Å². The first-order valence-corrected chi connectivity index (χ1v) is 9.67. The summed E-state index contributed by atoms with van der Waals surface area (Å²) in [5.41, 5.74) is 3.55. The van der Waals surface area contributed by atoms with Gasteiger partial charge in [-0.15, -0.1) is 0 Å². The van der Waals surface area contributed by atoms with Crippen molar-refractivity contribution >= 4 is 23.2 Å². The summed E-state index contributed by atoms with van der Waals surface area (Å²) < 4.78 is 5.55. The van der Waals surface area contributed by atoms with Crippen LogP contribution in [0.2, 0.25) is 5.02 Å². The average Bonchev–Trinajstić information content (AvgIpc) is 2.72. The zero-order valence-corrected chi connectivity index (χ0v) is 16.3. The monoisotopic (exact) mass is 392 g/mol. The number of nitrogens with one attached hydrogen (secondary N) is 1. The van der Waals surface area contributed by atoms with Crippen LogP contribution >= 0.6 is 11.6 Å². The predicted molar refractivity (Wildman–Crippen MR) is 112 cm³/mol. The molecule has 0 bridgehead atoms. The van der Waals surface area contributed by atoms with Gasteiger partial charge in [-0.2, -0.15) is 0 Å². The van der Waals surface area contributed by atoms with Crippen LogP contribution in [-0.2, 0) is 6.54 Å². The SMILES string of the molecule is CCOc1ccc([C@@H]2Nc3ccccc3C(=O)N2Cc2ccc(Cl)cc2)cc1. The summed E-state index contributed by atoms with van der Waals surface area (Å²) in [4.78, 5) is 15.1. The molecule has 0 aliphatic carbocycles. The van der Waals surface area contributed by atoms with Crippen LogP contribution in [-0.4, -0.2) is 17.4 Å². The minimum Gasteiger partial charge on any atom is -0.494 e. The highest BCUT2D eigenvalue weighted by Crippen LogP contribution is 2.34. The Morgan fingerprint density at radius 1 is 1.00 bits per heavy atom. The Morgan fingerprint density at radius 3 is 2.43 bits per heavy atom. The molecule has 1 heterocycles. The molecule has 1 N–H and O–H groups in total. The zero-order chi connectivity index (χ0) is 19.5. The zero-order valence-electron chi connectivity index (χ0n) is 15.6. The number of para-hydroxylation sites is 1. The van der Waals surface area contributed by atoms with Crippen molar-refractivity contribution in [2.45, 2.75) is 19.6 Å². The Labute approximate surface area is 169 Å². The van der Waals surface area contributed by atoms with Crippen molar-refractivity contribution in [1.29, 1.82) is 0 Å². The van der Waals surface area contributed by atoms with E-state index in [4.69, 9.17) is 16.3 Å². The highest BCUT2D eigenvalue weighted by Gasteiger charge is 2.32. The van der Waals surface area contributed by atoms with Gasteiger partial charge < -0.3 is 15.0 Å². The molecule has 1 atom stereocenters. The van der Waals surface area contributed by atoms with Crippen LogP contribution in [0.3, 0.4) is 0 Å². The fourth-order valence-electron chi connectivity index (χ4n) is 3.42. The van der Waals surface area contributed by atoms with Gasteiger partial charge in [0, 0.05) is 17.3 Å². The van der Waals surface area contributed by atoms with Crippen LogP contribution in [0, 0.1) is 0 Å². The lowest BCUT2D eigenvalue weighted by Gasteiger charge is -2.38. The van der Waals surface area contributed by atoms with Crippen molar-refractivity contribution in [3.8, 4) is 5.75 Å². The lowest BCUT2D eigenvalue weighted by atomic mass is 10.0. The van der Waals surface area contributed by atoms with Crippen molar-refractivity contribution in [3.63, 3.8) is 0 Å². The van der Waals surface area contributed by atoms with Crippen LogP contribution in [0.5, 0.6) is 5.75 Å². The topological polar surface area (TPSA) is 41.6 Å².